The zero-order valence-corrected chi connectivity index (χ0v) is 8.83. The van der Waals surface area contributed by atoms with Crippen LogP contribution in [0.2, 0.25) is 0 Å². The summed E-state index contributed by atoms with van der Waals surface area (Å²) in [5, 5.41) is 0. The van der Waals surface area contributed by atoms with Gasteiger partial charge < -0.3 is 11.5 Å². The van der Waals surface area contributed by atoms with E-state index in [0.29, 0.717) is 19.6 Å². The third kappa shape index (κ3) is 8.28. The first kappa shape index (κ1) is 12.9. The zero-order valence-electron chi connectivity index (χ0n) is 7.94. The lowest BCUT2D eigenvalue weighted by molar-refractivity contribution is 0.159. The molecule has 13 heavy (non-hydrogen) atoms. The maximum absolute atomic E-state index is 11.0. The molecule has 2 unspecified atom stereocenters. The molecule has 0 aromatic heterocycles. The Kier molecular flexibility index (Phi) is 8.49. The SMILES string of the molecule is CCCO[P+](=O)OC(N)CCCN. The average molecular weight is 209 g/mol. The fourth-order valence-electron chi connectivity index (χ4n) is 0.679. The van der Waals surface area contributed by atoms with Gasteiger partial charge in [-0.1, -0.05) is 6.92 Å². The van der Waals surface area contributed by atoms with Crippen molar-refractivity contribution in [2.75, 3.05) is 13.2 Å². The van der Waals surface area contributed by atoms with Gasteiger partial charge in [-0.25, -0.2) is 0 Å². The van der Waals surface area contributed by atoms with Crippen LogP contribution in [-0.2, 0) is 13.6 Å². The van der Waals surface area contributed by atoms with Gasteiger partial charge in [0.25, 0.3) is 0 Å². The van der Waals surface area contributed by atoms with E-state index in [-0.39, 0.29) is 0 Å². The second-order valence-corrected chi connectivity index (χ2v) is 3.55. The van der Waals surface area contributed by atoms with Crippen molar-refractivity contribution in [2.24, 2.45) is 11.5 Å². The van der Waals surface area contributed by atoms with Crippen LogP contribution in [-0.4, -0.2) is 19.4 Å². The molecule has 0 saturated carbocycles. The second kappa shape index (κ2) is 8.53. The van der Waals surface area contributed by atoms with E-state index in [1.807, 2.05) is 6.92 Å². The van der Waals surface area contributed by atoms with E-state index in [0.717, 1.165) is 12.8 Å². The molecule has 2 atom stereocenters. The monoisotopic (exact) mass is 209 g/mol. The molecule has 0 saturated heterocycles. The molecule has 0 heterocycles. The predicted octanol–water partition coefficient (Wildman–Crippen LogP) is 1.11. The number of hydrogen-bond acceptors (Lipinski definition) is 5. The minimum absolute atomic E-state index is 0.429. The van der Waals surface area contributed by atoms with Crippen LogP contribution in [0.1, 0.15) is 26.2 Å². The van der Waals surface area contributed by atoms with E-state index in [1.165, 1.54) is 0 Å². The molecule has 0 aliphatic carbocycles. The first-order chi connectivity index (χ1) is 6.20. The summed E-state index contributed by atoms with van der Waals surface area (Å²) in [6.45, 7) is 2.92. The van der Waals surface area contributed by atoms with Crippen molar-refractivity contribution in [1.82, 2.24) is 0 Å². The van der Waals surface area contributed by atoms with E-state index in [2.05, 4.69) is 0 Å². The molecule has 0 fully saturated rings. The highest BCUT2D eigenvalue weighted by Gasteiger charge is 2.23. The highest BCUT2D eigenvalue weighted by Crippen LogP contribution is 2.25. The van der Waals surface area contributed by atoms with Crippen molar-refractivity contribution in [1.29, 1.82) is 0 Å². The summed E-state index contributed by atoms with van der Waals surface area (Å²) < 4.78 is 20.6. The lowest BCUT2D eigenvalue weighted by Gasteiger charge is -2.01. The predicted molar refractivity (Wildman–Crippen MR) is 51.2 cm³/mol. The van der Waals surface area contributed by atoms with Crippen molar-refractivity contribution in [3.05, 3.63) is 0 Å². The molecular weight excluding hydrogens is 191 g/mol. The van der Waals surface area contributed by atoms with Crippen LogP contribution in [0.5, 0.6) is 0 Å². The molecule has 0 aliphatic rings. The van der Waals surface area contributed by atoms with Gasteiger partial charge in [0.15, 0.2) is 6.23 Å². The first-order valence-corrected chi connectivity index (χ1v) is 5.52. The number of nitrogens with two attached hydrogens (primary N) is 2. The molecule has 0 spiro atoms. The minimum atomic E-state index is -2.06. The van der Waals surface area contributed by atoms with Crippen molar-refractivity contribution in [2.45, 2.75) is 32.4 Å². The quantitative estimate of drug-likeness (QED) is 0.462. The van der Waals surface area contributed by atoms with Crippen molar-refractivity contribution >= 4 is 8.25 Å². The van der Waals surface area contributed by atoms with Gasteiger partial charge in [-0.15, -0.1) is 9.05 Å². The summed E-state index contributed by atoms with van der Waals surface area (Å²) in [5.74, 6) is 0. The maximum atomic E-state index is 11.0. The molecule has 78 valence electrons. The van der Waals surface area contributed by atoms with Crippen LogP contribution in [0.15, 0.2) is 0 Å². The van der Waals surface area contributed by atoms with Gasteiger partial charge in [0.1, 0.15) is 6.61 Å². The Labute approximate surface area is 79.7 Å². The largest absolute Gasteiger partial charge is 0.699 e. The molecule has 5 nitrogen and oxygen atoms in total. The Morgan fingerprint density at radius 3 is 2.77 bits per heavy atom. The van der Waals surface area contributed by atoms with E-state index in [9.17, 15) is 4.57 Å². The van der Waals surface area contributed by atoms with E-state index >= 15 is 0 Å². The third-order valence-electron chi connectivity index (χ3n) is 1.32. The van der Waals surface area contributed by atoms with E-state index < -0.39 is 14.5 Å². The van der Waals surface area contributed by atoms with Crippen LogP contribution >= 0.6 is 8.25 Å². The topological polar surface area (TPSA) is 87.6 Å². The summed E-state index contributed by atoms with van der Waals surface area (Å²) >= 11 is 0. The number of hydrogen-bond donors (Lipinski definition) is 2. The van der Waals surface area contributed by atoms with Crippen molar-refractivity contribution in [3.8, 4) is 0 Å². The summed E-state index contributed by atoms with van der Waals surface area (Å²) in [6.07, 6.45) is 1.64. The highest BCUT2D eigenvalue weighted by molar-refractivity contribution is 7.33. The normalized spacial score (nSPS) is 14.2. The maximum Gasteiger partial charge on any atom is 0.699 e. The van der Waals surface area contributed by atoms with Gasteiger partial charge in [0.05, 0.1) is 0 Å². The van der Waals surface area contributed by atoms with Gasteiger partial charge in [-0.2, -0.15) is 0 Å². The first-order valence-electron chi connectivity index (χ1n) is 4.43. The molecule has 0 aromatic rings. The second-order valence-electron chi connectivity index (χ2n) is 2.63. The fraction of sp³-hybridized carbons (Fsp3) is 1.00. The van der Waals surface area contributed by atoms with Crippen molar-refractivity contribution in [3.63, 3.8) is 0 Å². The Morgan fingerprint density at radius 2 is 2.23 bits per heavy atom. The highest BCUT2D eigenvalue weighted by atomic mass is 31.1. The van der Waals surface area contributed by atoms with Crippen LogP contribution in [0.3, 0.4) is 0 Å². The summed E-state index contributed by atoms with van der Waals surface area (Å²) in [4.78, 5) is 0. The zero-order chi connectivity index (χ0) is 10.1. The van der Waals surface area contributed by atoms with Gasteiger partial charge >= 0.3 is 8.25 Å². The molecule has 4 N–H and O–H groups in total. The van der Waals surface area contributed by atoms with Gasteiger partial charge in [-0.3, -0.25) is 0 Å². The average Bonchev–Trinajstić information content (AvgIpc) is 2.11. The summed E-state index contributed by atoms with van der Waals surface area (Å²) in [6, 6.07) is 0. The van der Waals surface area contributed by atoms with Crippen LogP contribution in [0.25, 0.3) is 0 Å². The Morgan fingerprint density at radius 1 is 1.54 bits per heavy atom. The summed E-state index contributed by atoms with van der Waals surface area (Å²) in [7, 11) is -2.06. The molecule has 0 radical (unpaired) electrons. The van der Waals surface area contributed by atoms with Gasteiger partial charge in [0, 0.05) is 4.57 Å². The molecule has 0 aromatic carbocycles. The van der Waals surface area contributed by atoms with Crippen LogP contribution < -0.4 is 11.5 Å². The van der Waals surface area contributed by atoms with Gasteiger partial charge in [0.2, 0.25) is 0 Å². The molecule has 0 amide bonds. The molecule has 6 heteroatoms. The van der Waals surface area contributed by atoms with Crippen molar-refractivity contribution < 1.29 is 13.6 Å². The molecule has 0 rings (SSSR count). The Hall–Kier alpha value is -0.0600. The van der Waals surface area contributed by atoms with E-state index in [1.54, 1.807) is 0 Å². The van der Waals surface area contributed by atoms with E-state index in [4.69, 9.17) is 20.5 Å². The lowest BCUT2D eigenvalue weighted by atomic mass is 10.3. The van der Waals surface area contributed by atoms with Gasteiger partial charge in [-0.05, 0) is 25.8 Å². The smallest absolute Gasteiger partial charge is 0.330 e. The molecule has 0 aliphatic heterocycles. The van der Waals surface area contributed by atoms with Crippen LogP contribution in [0, 0.1) is 0 Å². The lowest BCUT2D eigenvalue weighted by Crippen LogP contribution is -2.22. The molecule has 0 bridgehead atoms. The fourth-order valence-corrected chi connectivity index (χ4v) is 1.40. The standard InChI is InChI=1S/C7H18N2O3P/c1-2-6-11-13(10)12-7(9)4-3-5-8/h7H,2-6,8-9H2,1H3/q+1. The Bertz CT molecular complexity index is 146. The van der Waals surface area contributed by atoms with Crippen LogP contribution in [0.4, 0.5) is 0 Å². The molecular formula is C7H18N2O3P+. The minimum Gasteiger partial charge on any atom is -0.330 e. The number of rotatable bonds is 8. The Balaban J connectivity index is 3.41. The summed E-state index contributed by atoms with van der Waals surface area (Å²) in [5.41, 5.74) is 10.8. The third-order valence-corrected chi connectivity index (χ3v) is 2.15.